The van der Waals surface area contributed by atoms with Crippen LogP contribution in [0.1, 0.15) is 18.4 Å². The van der Waals surface area contributed by atoms with Gasteiger partial charge < -0.3 is 4.74 Å². The molecule has 0 aromatic heterocycles. The van der Waals surface area contributed by atoms with Gasteiger partial charge in [-0.25, -0.2) is 0 Å². The van der Waals surface area contributed by atoms with Crippen molar-refractivity contribution in [1.82, 2.24) is 0 Å². The molecule has 1 aliphatic rings. The minimum absolute atomic E-state index is 0.346. The number of nitrogens with zero attached hydrogens (tertiary/aromatic N) is 3. The van der Waals surface area contributed by atoms with Gasteiger partial charge in [-0.15, -0.1) is 0 Å². The summed E-state index contributed by atoms with van der Waals surface area (Å²) >= 11 is 0. The van der Waals surface area contributed by atoms with Crippen LogP contribution in [0.5, 0.6) is 0 Å². The topological polar surface area (TPSA) is 58.0 Å². The highest BCUT2D eigenvalue weighted by molar-refractivity contribution is 5.13. The summed E-state index contributed by atoms with van der Waals surface area (Å²) in [6.45, 7) is 1.29. The normalized spacial score (nSPS) is 23.2. The molecule has 1 aromatic rings. The number of azide groups is 1. The van der Waals surface area contributed by atoms with E-state index in [1.54, 1.807) is 0 Å². The van der Waals surface area contributed by atoms with Crippen LogP contribution in [-0.4, -0.2) is 12.6 Å². The van der Waals surface area contributed by atoms with E-state index >= 15 is 0 Å². The third-order valence-corrected chi connectivity index (χ3v) is 2.92. The molecule has 84 valence electrons. The van der Waals surface area contributed by atoms with Crippen molar-refractivity contribution in [1.29, 1.82) is 0 Å². The molecule has 16 heavy (non-hydrogen) atoms. The van der Waals surface area contributed by atoms with Gasteiger partial charge in [-0.3, -0.25) is 0 Å². The predicted octanol–water partition coefficient (Wildman–Crippen LogP) is 3.29. The van der Waals surface area contributed by atoms with Crippen LogP contribution >= 0.6 is 0 Å². The van der Waals surface area contributed by atoms with E-state index in [4.69, 9.17) is 10.3 Å². The lowest BCUT2D eigenvalue weighted by molar-refractivity contribution is -0.0375. The average Bonchev–Trinajstić information content (AvgIpc) is 2.28. The van der Waals surface area contributed by atoms with Gasteiger partial charge in [-0.05, 0) is 29.9 Å². The number of benzene rings is 1. The third kappa shape index (κ3) is 2.99. The molecule has 0 saturated heterocycles. The van der Waals surface area contributed by atoms with Crippen molar-refractivity contribution in [3.63, 3.8) is 0 Å². The molecular formula is C12H15N3O. The summed E-state index contributed by atoms with van der Waals surface area (Å²) in [7, 11) is 0. The molecule has 0 N–H and O–H groups in total. The molecule has 4 nitrogen and oxygen atoms in total. The zero-order valence-electron chi connectivity index (χ0n) is 9.12. The molecule has 0 amide bonds. The lowest BCUT2D eigenvalue weighted by atomic mass is 9.82. The zero-order valence-corrected chi connectivity index (χ0v) is 9.12. The van der Waals surface area contributed by atoms with Gasteiger partial charge in [-0.1, -0.05) is 35.4 Å². The van der Waals surface area contributed by atoms with Crippen molar-refractivity contribution in [3.8, 4) is 0 Å². The Labute approximate surface area is 94.9 Å². The van der Waals surface area contributed by atoms with Crippen LogP contribution in [0.25, 0.3) is 10.4 Å². The molecule has 1 fully saturated rings. The Kier molecular flexibility index (Phi) is 3.81. The molecule has 0 aliphatic heterocycles. The highest BCUT2D eigenvalue weighted by atomic mass is 16.5. The van der Waals surface area contributed by atoms with Gasteiger partial charge >= 0.3 is 0 Å². The average molecular weight is 217 g/mol. The van der Waals surface area contributed by atoms with Crippen LogP contribution in [0, 0.1) is 5.92 Å². The van der Waals surface area contributed by atoms with Crippen LogP contribution in [0.4, 0.5) is 0 Å². The Morgan fingerprint density at radius 2 is 2.06 bits per heavy atom. The minimum atomic E-state index is 0.346. The Balaban J connectivity index is 1.65. The highest BCUT2D eigenvalue weighted by Gasteiger charge is 2.28. The van der Waals surface area contributed by atoms with E-state index < -0.39 is 0 Å². The van der Waals surface area contributed by atoms with Crippen molar-refractivity contribution in [2.24, 2.45) is 11.0 Å². The standard InChI is InChI=1S/C12H15N3O/c13-15-14-8-11-6-12(7-11)16-9-10-4-2-1-3-5-10/h1-5,11-12H,6-9H2. The van der Waals surface area contributed by atoms with E-state index in [1.807, 2.05) is 18.2 Å². The fraction of sp³-hybridized carbons (Fsp3) is 0.500. The first-order valence-electron chi connectivity index (χ1n) is 5.55. The smallest absolute Gasteiger partial charge is 0.0720 e. The Morgan fingerprint density at radius 1 is 1.31 bits per heavy atom. The summed E-state index contributed by atoms with van der Waals surface area (Å²) in [6, 6.07) is 10.2. The number of hydrogen-bond acceptors (Lipinski definition) is 2. The lowest BCUT2D eigenvalue weighted by Crippen LogP contribution is -2.32. The van der Waals surface area contributed by atoms with Gasteiger partial charge in [0, 0.05) is 11.5 Å². The van der Waals surface area contributed by atoms with E-state index in [9.17, 15) is 0 Å². The number of hydrogen-bond donors (Lipinski definition) is 0. The Hall–Kier alpha value is -1.51. The maximum absolute atomic E-state index is 8.18. The van der Waals surface area contributed by atoms with Crippen LogP contribution in [0.3, 0.4) is 0 Å². The summed E-state index contributed by atoms with van der Waals surface area (Å²) in [5.41, 5.74) is 9.39. The van der Waals surface area contributed by atoms with Gasteiger partial charge in [0.2, 0.25) is 0 Å². The van der Waals surface area contributed by atoms with Crippen molar-refractivity contribution < 1.29 is 4.74 Å². The maximum atomic E-state index is 8.18. The molecule has 1 aliphatic carbocycles. The fourth-order valence-electron chi connectivity index (χ4n) is 1.90. The van der Waals surface area contributed by atoms with E-state index in [0.29, 0.717) is 25.2 Å². The largest absolute Gasteiger partial charge is 0.374 e. The minimum Gasteiger partial charge on any atom is -0.374 e. The lowest BCUT2D eigenvalue weighted by Gasteiger charge is -2.34. The first kappa shape index (κ1) is 11.0. The summed E-state index contributed by atoms with van der Waals surface area (Å²) in [4.78, 5) is 2.76. The first-order chi connectivity index (χ1) is 7.88. The molecule has 0 heterocycles. The monoisotopic (exact) mass is 217 g/mol. The fourth-order valence-corrected chi connectivity index (χ4v) is 1.90. The third-order valence-electron chi connectivity index (χ3n) is 2.92. The van der Waals surface area contributed by atoms with Crippen molar-refractivity contribution in [2.45, 2.75) is 25.6 Å². The van der Waals surface area contributed by atoms with Crippen LogP contribution < -0.4 is 0 Å². The van der Waals surface area contributed by atoms with Crippen LogP contribution in [-0.2, 0) is 11.3 Å². The maximum Gasteiger partial charge on any atom is 0.0720 e. The second-order valence-electron chi connectivity index (χ2n) is 4.17. The number of ether oxygens (including phenoxy) is 1. The number of rotatable bonds is 5. The SMILES string of the molecule is [N-]=[N+]=NCC1CC(OCc2ccccc2)C1. The van der Waals surface area contributed by atoms with Gasteiger partial charge in [0.25, 0.3) is 0 Å². The second kappa shape index (κ2) is 5.54. The molecule has 2 rings (SSSR count). The van der Waals surface area contributed by atoms with Gasteiger partial charge in [0.1, 0.15) is 0 Å². The van der Waals surface area contributed by atoms with Gasteiger partial charge in [0.05, 0.1) is 12.7 Å². The van der Waals surface area contributed by atoms with E-state index in [2.05, 4.69) is 22.2 Å². The van der Waals surface area contributed by atoms with Gasteiger partial charge in [-0.2, -0.15) is 0 Å². The summed E-state index contributed by atoms with van der Waals surface area (Å²) < 4.78 is 5.74. The van der Waals surface area contributed by atoms with Gasteiger partial charge in [0.15, 0.2) is 0 Å². The van der Waals surface area contributed by atoms with E-state index in [1.165, 1.54) is 5.56 Å². The molecule has 1 saturated carbocycles. The summed E-state index contributed by atoms with van der Waals surface area (Å²) in [6.07, 6.45) is 2.39. The molecule has 4 heteroatoms. The molecule has 0 radical (unpaired) electrons. The van der Waals surface area contributed by atoms with Crippen LogP contribution in [0.2, 0.25) is 0 Å². The van der Waals surface area contributed by atoms with Crippen LogP contribution in [0.15, 0.2) is 35.4 Å². The Bertz CT molecular complexity index is 367. The molecule has 1 aromatic carbocycles. The summed E-state index contributed by atoms with van der Waals surface area (Å²) in [5.74, 6) is 0.525. The molecule has 0 spiro atoms. The Morgan fingerprint density at radius 3 is 2.75 bits per heavy atom. The zero-order chi connectivity index (χ0) is 11.2. The summed E-state index contributed by atoms with van der Waals surface area (Å²) in [5, 5.41) is 3.57. The van der Waals surface area contributed by atoms with Crippen molar-refractivity contribution in [2.75, 3.05) is 6.54 Å². The van der Waals surface area contributed by atoms with Crippen molar-refractivity contribution in [3.05, 3.63) is 46.3 Å². The predicted molar refractivity (Wildman–Crippen MR) is 61.8 cm³/mol. The molecule has 0 unspecified atom stereocenters. The molecule has 0 bridgehead atoms. The second-order valence-corrected chi connectivity index (χ2v) is 4.17. The quantitative estimate of drug-likeness (QED) is 0.424. The van der Waals surface area contributed by atoms with E-state index in [-0.39, 0.29) is 0 Å². The molecule has 0 atom stereocenters. The highest BCUT2D eigenvalue weighted by Crippen LogP contribution is 2.30. The molecular weight excluding hydrogens is 202 g/mol. The van der Waals surface area contributed by atoms with E-state index in [0.717, 1.165) is 12.8 Å². The first-order valence-corrected chi connectivity index (χ1v) is 5.55. The van der Waals surface area contributed by atoms with Crippen molar-refractivity contribution >= 4 is 0 Å².